The summed E-state index contributed by atoms with van der Waals surface area (Å²) in [5.74, 6) is -5.25. The molecular formula is C30H40O11. The van der Waals surface area contributed by atoms with E-state index in [4.69, 9.17) is 23.7 Å². The molecule has 0 heterocycles. The minimum absolute atomic E-state index is 0.142. The van der Waals surface area contributed by atoms with Crippen LogP contribution in [-0.4, -0.2) is 65.6 Å². The van der Waals surface area contributed by atoms with Gasteiger partial charge in [0, 0.05) is 57.9 Å². The van der Waals surface area contributed by atoms with E-state index in [-0.39, 0.29) is 29.7 Å². The summed E-state index contributed by atoms with van der Waals surface area (Å²) < 4.78 is 29.5. The van der Waals surface area contributed by atoms with Crippen LogP contribution < -0.4 is 0 Å². The summed E-state index contributed by atoms with van der Waals surface area (Å²) in [5.41, 5.74) is -5.30. The molecule has 11 heteroatoms. The van der Waals surface area contributed by atoms with Crippen LogP contribution in [0.2, 0.25) is 0 Å². The lowest BCUT2D eigenvalue weighted by atomic mass is 9.38. The van der Waals surface area contributed by atoms with Gasteiger partial charge in [-0.05, 0) is 30.6 Å². The molecule has 2 bridgehead atoms. The van der Waals surface area contributed by atoms with Crippen LogP contribution in [0.25, 0.3) is 0 Å². The number of hydrogen-bond donors (Lipinski definition) is 0. The van der Waals surface area contributed by atoms with Crippen molar-refractivity contribution < 1.29 is 52.5 Å². The van der Waals surface area contributed by atoms with Crippen LogP contribution in [0.4, 0.5) is 0 Å². The average Bonchev–Trinajstić information content (AvgIpc) is 2.91. The molecule has 0 aromatic rings. The van der Waals surface area contributed by atoms with Gasteiger partial charge in [0.1, 0.15) is 23.7 Å². The Morgan fingerprint density at radius 2 is 1.32 bits per heavy atom. The van der Waals surface area contributed by atoms with Crippen LogP contribution in [-0.2, 0) is 52.5 Å². The third kappa shape index (κ3) is 4.37. The Balaban J connectivity index is 2.13. The van der Waals surface area contributed by atoms with E-state index in [9.17, 15) is 28.8 Å². The Bertz CT molecular complexity index is 1220. The number of Topliss-reactive ketones (excluding diaryl/α,β-unsaturated/α-hetero) is 1. The van der Waals surface area contributed by atoms with Crippen molar-refractivity contribution in [3.63, 3.8) is 0 Å². The second kappa shape index (κ2) is 9.94. The number of esters is 5. The Morgan fingerprint density at radius 3 is 1.83 bits per heavy atom. The molecule has 0 radical (unpaired) electrons. The van der Waals surface area contributed by atoms with Crippen LogP contribution in [0.3, 0.4) is 0 Å². The highest BCUT2D eigenvalue weighted by Crippen LogP contribution is 2.74. The molecule has 4 fully saturated rings. The number of carbonyl (C=O) groups excluding carboxylic acids is 6. The van der Waals surface area contributed by atoms with E-state index in [1.807, 2.05) is 6.92 Å². The standard InChI is InChI=1S/C30H40O11/c1-14-25(36)30-23(39-17(4)33)12-21-27(7,8)11-10-22(38-16(3)32)28(21,9)24(30)20(37-15(2)31)13-29(14,41-19(6)35)26(30)40-18(5)34/h20-24,26H,1,10-13H2,2-9H3/t20-,21-,22+,23+,24-,26+,28-,29+,30-/m0/s1. The molecule has 4 saturated carbocycles. The van der Waals surface area contributed by atoms with E-state index in [2.05, 4.69) is 20.4 Å². The fourth-order valence-corrected chi connectivity index (χ4v) is 9.09. The molecule has 0 aromatic heterocycles. The van der Waals surface area contributed by atoms with Crippen molar-refractivity contribution in [2.24, 2.45) is 28.1 Å². The number of rotatable bonds is 5. The molecule has 0 aliphatic heterocycles. The second-order valence-electron chi connectivity index (χ2n) is 12.9. The van der Waals surface area contributed by atoms with Crippen LogP contribution in [0.1, 0.15) is 81.1 Å². The fraction of sp³-hybridized carbons (Fsp3) is 0.733. The van der Waals surface area contributed by atoms with E-state index in [1.165, 1.54) is 20.8 Å². The quantitative estimate of drug-likeness (QED) is 0.270. The first-order valence-electron chi connectivity index (χ1n) is 14.0. The minimum atomic E-state index is -1.88. The van der Waals surface area contributed by atoms with Gasteiger partial charge in [0.15, 0.2) is 17.5 Å². The molecule has 4 aliphatic rings. The van der Waals surface area contributed by atoms with Crippen molar-refractivity contribution in [3.05, 3.63) is 12.2 Å². The Labute approximate surface area is 239 Å². The zero-order valence-electron chi connectivity index (χ0n) is 25.0. The fourth-order valence-electron chi connectivity index (χ4n) is 9.09. The topological polar surface area (TPSA) is 149 Å². The summed E-state index contributed by atoms with van der Waals surface area (Å²) in [6.45, 7) is 16.1. The lowest BCUT2D eigenvalue weighted by Crippen LogP contribution is -2.76. The third-order valence-electron chi connectivity index (χ3n) is 10.1. The number of ketones is 1. The first kappa shape index (κ1) is 30.7. The maximum atomic E-state index is 14.7. The molecular weight excluding hydrogens is 536 g/mol. The van der Waals surface area contributed by atoms with E-state index in [0.717, 1.165) is 13.8 Å². The largest absolute Gasteiger partial charge is 0.462 e. The SMILES string of the molecule is C=C1C(=O)[C@]23[C@H](OC(C)=O)C[C@H]4C(C)(C)CC[C@@H](OC(C)=O)[C@@]4(C)[C@@H]2[C@@H](OC(C)=O)C[C@]1(OC(C)=O)[C@H]3OC(C)=O. The summed E-state index contributed by atoms with van der Waals surface area (Å²) >= 11 is 0. The minimum Gasteiger partial charge on any atom is -0.462 e. The summed E-state index contributed by atoms with van der Waals surface area (Å²) in [4.78, 5) is 77.5. The molecule has 9 atom stereocenters. The van der Waals surface area contributed by atoms with E-state index >= 15 is 0 Å². The molecule has 226 valence electrons. The first-order chi connectivity index (χ1) is 18.8. The van der Waals surface area contributed by atoms with Gasteiger partial charge >= 0.3 is 29.8 Å². The molecule has 1 spiro atoms. The second-order valence-corrected chi connectivity index (χ2v) is 12.9. The lowest BCUT2D eigenvalue weighted by Gasteiger charge is -2.68. The van der Waals surface area contributed by atoms with Crippen molar-refractivity contribution in [2.75, 3.05) is 0 Å². The predicted octanol–water partition coefficient (Wildman–Crippen LogP) is 3.01. The van der Waals surface area contributed by atoms with Gasteiger partial charge < -0.3 is 23.7 Å². The summed E-state index contributed by atoms with van der Waals surface area (Å²) in [7, 11) is 0. The van der Waals surface area contributed by atoms with Crippen molar-refractivity contribution in [3.8, 4) is 0 Å². The van der Waals surface area contributed by atoms with E-state index < -0.39 is 82.4 Å². The molecule has 4 aliphatic carbocycles. The number of carbonyl (C=O) groups is 6. The maximum Gasteiger partial charge on any atom is 0.303 e. The Morgan fingerprint density at radius 1 is 0.780 bits per heavy atom. The van der Waals surface area contributed by atoms with Crippen molar-refractivity contribution in [2.45, 2.75) is 111 Å². The smallest absolute Gasteiger partial charge is 0.303 e. The van der Waals surface area contributed by atoms with Gasteiger partial charge in [-0.3, -0.25) is 28.8 Å². The van der Waals surface area contributed by atoms with E-state index in [0.29, 0.717) is 12.8 Å². The predicted molar refractivity (Wildman–Crippen MR) is 141 cm³/mol. The van der Waals surface area contributed by atoms with Gasteiger partial charge in [-0.2, -0.15) is 0 Å². The van der Waals surface area contributed by atoms with Gasteiger partial charge in [0.05, 0.1) is 0 Å². The molecule has 41 heavy (non-hydrogen) atoms. The molecule has 0 N–H and O–H groups in total. The van der Waals surface area contributed by atoms with Gasteiger partial charge in [-0.15, -0.1) is 0 Å². The molecule has 0 amide bonds. The normalized spacial score (nSPS) is 40.4. The lowest BCUT2D eigenvalue weighted by molar-refractivity contribution is -0.299. The van der Waals surface area contributed by atoms with Crippen LogP contribution >= 0.6 is 0 Å². The Hall–Kier alpha value is -3.24. The average molecular weight is 577 g/mol. The highest BCUT2D eigenvalue weighted by Gasteiger charge is 2.85. The third-order valence-corrected chi connectivity index (χ3v) is 10.1. The molecule has 0 saturated heterocycles. The molecule has 11 nitrogen and oxygen atoms in total. The highest BCUT2D eigenvalue weighted by atomic mass is 16.6. The van der Waals surface area contributed by atoms with Crippen LogP contribution in [0.5, 0.6) is 0 Å². The van der Waals surface area contributed by atoms with Gasteiger partial charge in [-0.1, -0.05) is 27.4 Å². The zero-order valence-corrected chi connectivity index (χ0v) is 25.0. The van der Waals surface area contributed by atoms with Gasteiger partial charge in [-0.25, -0.2) is 0 Å². The monoisotopic (exact) mass is 576 g/mol. The van der Waals surface area contributed by atoms with E-state index in [1.54, 1.807) is 0 Å². The first-order valence-corrected chi connectivity index (χ1v) is 14.0. The van der Waals surface area contributed by atoms with Crippen molar-refractivity contribution in [1.82, 2.24) is 0 Å². The molecule has 0 unspecified atom stereocenters. The van der Waals surface area contributed by atoms with Crippen LogP contribution in [0.15, 0.2) is 12.2 Å². The number of hydrogen-bond acceptors (Lipinski definition) is 11. The summed E-state index contributed by atoms with van der Waals surface area (Å²) in [6, 6.07) is 0. The van der Waals surface area contributed by atoms with Crippen molar-refractivity contribution >= 4 is 35.6 Å². The summed E-state index contributed by atoms with van der Waals surface area (Å²) in [6.07, 6.45) is -3.36. The Kier molecular flexibility index (Phi) is 7.45. The highest BCUT2D eigenvalue weighted by molar-refractivity contribution is 6.07. The molecule has 4 rings (SSSR count). The zero-order chi connectivity index (χ0) is 30.9. The summed E-state index contributed by atoms with van der Waals surface area (Å²) in [5, 5.41) is 0. The number of ether oxygens (including phenoxy) is 5. The van der Waals surface area contributed by atoms with Crippen molar-refractivity contribution in [1.29, 1.82) is 0 Å². The van der Waals surface area contributed by atoms with Gasteiger partial charge in [0.2, 0.25) is 0 Å². The number of fused-ring (bicyclic) bond motifs is 3. The maximum absolute atomic E-state index is 14.7. The molecule has 0 aromatic carbocycles. The van der Waals surface area contributed by atoms with Gasteiger partial charge in [0.25, 0.3) is 0 Å². The van der Waals surface area contributed by atoms with Crippen LogP contribution in [0, 0.1) is 28.1 Å².